The van der Waals surface area contributed by atoms with Crippen LogP contribution in [0.1, 0.15) is 37.0 Å². The van der Waals surface area contributed by atoms with Gasteiger partial charge in [-0.05, 0) is 19.4 Å². The molecule has 1 N–H and O–H groups in total. The van der Waals surface area contributed by atoms with Gasteiger partial charge < -0.3 is 0 Å². The molecule has 0 radical (unpaired) electrons. The molecule has 2 aromatic rings. The van der Waals surface area contributed by atoms with E-state index in [1.807, 2.05) is 6.92 Å². The van der Waals surface area contributed by atoms with E-state index in [2.05, 4.69) is 15.5 Å². The number of amides is 1. The third-order valence-corrected chi connectivity index (χ3v) is 2.52. The average Bonchev–Trinajstić information content (AvgIpc) is 2.72. The highest BCUT2D eigenvalue weighted by Gasteiger charge is 2.09. The van der Waals surface area contributed by atoms with Gasteiger partial charge in [-0.3, -0.25) is 9.59 Å². The molecule has 6 nitrogen and oxygen atoms in total. The summed E-state index contributed by atoms with van der Waals surface area (Å²) in [4.78, 5) is 28.2. The molecule has 0 spiro atoms. The first kappa shape index (κ1) is 12.2. The summed E-state index contributed by atoms with van der Waals surface area (Å²) in [6.45, 7) is 3.41. The standard InChI is InChI=1S/C12H14N4O2/c1-3-4-11(18)15-16-12-10(7-14-16)5-9(6-13-12)8(2)17/h5-7H,3-4H2,1-2H3,(H,15,18). The number of nitrogens with one attached hydrogen (secondary N) is 1. The van der Waals surface area contributed by atoms with Crippen molar-refractivity contribution in [2.75, 3.05) is 5.43 Å². The second kappa shape index (κ2) is 4.95. The van der Waals surface area contributed by atoms with E-state index in [1.165, 1.54) is 17.9 Å². The van der Waals surface area contributed by atoms with Gasteiger partial charge in [0.05, 0.1) is 6.20 Å². The van der Waals surface area contributed by atoms with Crippen molar-refractivity contribution in [1.29, 1.82) is 0 Å². The van der Waals surface area contributed by atoms with Crippen molar-refractivity contribution in [3.63, 3.8) is 0 Å². The molecule has 0 atom stereocenters. The molecule has 1 amide bonds. The molecule has 0 bridgehead atoms. The number of pyridine rings is 1. The number of nitrogens with zero attached hydrogens (tertiary/aromatic N) is 3. The molecule has 2 heterocycles. The molecule has 2 rings (SSSR count). The second-order valence-corrected chi connectivity index (χ2v) is 4.03. The predicted molar refractivity (Wildman–Crippen MR) is 66.8 cm³/mol. The minimum absolute atomic E-state index is 0.0489. The van der Waals surface area contributed by atoms with Crippen LogP contribution in [0.3, 0.4) is 0 Å². The molecule has 6 heteroatoms. The van der Waals surface area contributed by atoms with Gasteiger partial charge >= 0.3 is 0 Å². The van der Waals surface area contributed by atoms with E-state index in [9.17, 15) is 9.59 Å². The molecule has 0 aliphatic carbocycles. The Bertz CT molecular complexity index is 603. The van der Waals surface area contributed by atoms with E-state index in [1.54, 1.807) is 12.3 Å². The Kier molecular flexibility index (Phi) is 3.36. The maximum absolute atomic E-state index is 11.5. The van der Waals surface area contributed by atoms with Crippen LogP contribution < -0.4 is 5.43 Å². The van der Waals surface area contributed by atoms with Crippen molar-refractivity contribution < 1.29 is 9.59 Å². The summed E-state index contributed by atoms with van der Waals surface area (Å²) in [6, 6.07) is 1.71. The molecule has 0 fully saturated rings. The maximum atomic E-state index is 11.5. The number of Topliss-reactive ketones (excluding diaryl/α,β-unsaturated/α-hetero) is 1. The number of ketones is 1. The Balaban J connectivity index is 2.31. The minimum atomic E-state index is -0.111. The van der Waals surface area contributed by atoms with Crippen LogP contribution in [0.2, 0.25) is 0 Å². The number of carbonyl (C=O) groups is 2. The quantitative estimate of drug-likeness (QED) is 0.829. The largest absolute Gasteiger partial charge is 0.294 e. The molecule has 94 valence electrons. The summed E-state index contributed by atoms with van der Waals surface area (Å²) in [5, 5.41) is 4.75. The number of hydrogen-bond acceptors (Lipinski definition) is 4. The first-order chi connectivity index (χ1) is 8.61. The SMILES string of the molecule is CCCC(=O)Nn1ncc2cc(C(C)=O)cnc21. The van der Waals surface area contributed by atoms with Gasteiger partial charge in [0.2, 0.25) is 5.91 Å². The predicted octanol–water partition coefficient (Wildman–Crippen LogP) is 1.50. The smallest absolute Gasteiger partial charge is 0.240 e. The van der Waals surface area contributed by atoms with Crippen LogP contribution in [-0.2, 0) is 4.79 Å². The Hall–Kier alpha value is -2.24. The number of carbonyl (C=O) groups excluding carboxylic acids is 2. The maximum Gasteiger partial charge on any atom is 0.240 e. The fourth-order valence-electron chi connectivity index (χ4n) is 1.60. The lowest BCUT2D eigenvalue weighted by Crippen LogP contribution is -2.23. The summed E-state index contributed by atoms with van der Waals surface area (Å²) < 4.78 is 0. The lowest BCUT2D eigenvalue weighted by molar-refractivity contribution is -0.117. The van der Waals surface area contributed by atoms with E-state index < -0.39 is 0 Å². The zero-order valence-electron chi connectivity index (χ0n) is 10.3. The molecule has 0 aliphatic heterocycles. The summed E-state index contributed by atoms with van der Waals surface area (Å²) in [6.07, 6.45) is 4.26. The van der Waals surface area contributed by atoms with E-state index in [0.29, 0.717) is 17.6 Å². The highest BCUT2D eigenvalue weighted by molar-refractivity contribution is 5.96. The van der Waals surface area contributed by atoms with E-state index in [4.69, 9.17) is 0 Å². The van der Waals surface area contributed by atoms with Gasteiger partial charge in [-0.2, -0.15) is 9.89 Å². The Morgan fingerprint density at radius 2 is 2.17 bits per heavy atom. The lowest BCUT2D eigenvalue weighted by Gasteiger charge is -2.04. The van der Waals surface area contributed by atoms with Gasteiger partial charge in [-0.15, -0.1) is 0 Å². The van der Waals surface area contributed by atoms with Crippen LogP contribution >= 0.6 is 0 Å². The number of fused-ring (bicyclic) bond motifs is 1. The van der Waals surface area contributed by atoms with Crippen LogP contribution in [0, 0.1) is 0 Å². The van der Waals surface area contributed by atoms with Gasteiger partial charge in [-0.1, -0.05) is 6.92 Å². The molecule has 0 saturated carbocycles. The van der Waals surface area contributed by atoms with Gasteiger partial charge in [-0.25, -0.2) is 10.4 Å². The lowest BCUT2D eigenvalue weighted by atomic mass is 10.2. The number of aromatic nitrogens is 3. The first-order valence-corrected chi connectivity index (χ1v) is 5.76. The number of hydrogen-bond donors (Lipinski definition) is 1. The molecule has 18 heavy (non-hydrogen) atoms. The highest BCUT2D eigenvalue weighted by Crippen LogP contribution is 2.12. The van der Waals surface area contributed by atoms with Crippen molar-refractivity contribution >= 4 is 22.7 Å². The van der Waals surface area contributed by atoms with Gasteiger partial charge in [0.25, 0.3) is 0 Å². The van der Waals surface area contributed by atoms with Gasteiger partial charge in [0, 0.05) is 23.6 Å². The fraction of sp³-hybridized carbons (Fsp3) is 0.333. The highest BCUT2D eigenvalue weighted by atomic mass is 16.2. The van der Waals surface area contributed by atoms with E-state index in [0.717, 1.165) is 11.8 Å². The van der Waals surface area contributed by atoms with Crippen molar-refractivity contribution in [1.82, 2.24) is 14.9 Å². The molecular weight excluding hydrogens is 232 g/mol. The van der Waals surface area contributed by atoms with Crippen LogP contribution in [0.5, 0.6) is 0 Å². The van der Waals surface area contributed by atoms with Gasteiger partial charge in [0.15, 0.2) is 11.4 Å². The Labute approximate surface area is 104 Å². The molecule has 2 aromatic heterocycles. The van der Waals surface area contributed by atoms with Gasteiger partial charge in [0.1, 0.15) is 0 Å². The Morgan fingerprint density at radius 3 is 2.83 bits per heavy atom. The molecule has 0 aromatic carbocycles. The van der Waals surface area contributed by atoms with Crippen LogP contribution in [0.15, 0.2) is 18.5 Å². The van der Waals surface area contributed by atoms with Crippen LogP contribution in [0.25, 0.3) is 11.0 Å². The monoisotopic (exact) mass is 246 g/mol. The zero-order valence-corrected chi connectivity index (χ0v) is 10.3. The van der Waals surface area contributed by atoms with Crippen molar-refractivity contribution in [2.24, 2.45) is 0 Å². The molecule has 0 unspecified atom stereocenters. The van der Waals surface area contributed by atoms with Crippen molar-refractivity contribution in [2.45, 2.75) is 26.7 Å². The molecular formula is C12H14N4O2. The van der Waals surface area contributed by atoms with Crippen LogP contribution in [-0.4, -0.2) is 26.6 Å². The van der Waals surface area contributed by atoms with Crippen molar-refractivity contribution in [3.05, 3.63) is 24.0 Å². The normalized spacial score (nSPS) is 10.6. The second-order valence-electron chi connectivity index (χ2n) is 4.03. The third-order valence-electron chi connectivity index (χ3n) is 2.52. The molecule has 0 saturated heterocycles. The minimum Gasteiger partial charge on any atom is -0.294 e. The molecule has 0 aliphatic rings. The third kappa shape index (κ3) is 2.37. The van der Waals surface area contributed by atoms with E-state index in [-0.39, 0.29) is 11.7 Å². The zero-order chi connectivity index (χ0) is 13.1. The average molecular weight is 246 g/mol. The summed E-state index contributed by atoms with van der Waals surface area (Å²) in [7, 11) is 0. The topological polar surface area (TPSA) is 76.9 Å². The first-order valence-electron chi connectivity index (χ1n) is 5.76. The van der Waals surface area contributed by atoms with Crippen LogP contribution in [0.4, 0.5) is 0 Å². The van der Waals surface area contributed by atoms with Crippen molar-refractivity contribution in [3.8, 4) is 0 Å². The summed E-state index contributed by atoms with van der Waals surface area (Å²) >= 11 is 0. The number of rotatable bonds is 4. The fourth-order valence-corrected chi connectivity index (χ4v) is 1.60. The summed E-state index contributed by atoms with van der Waals surface area (Å²) in [5.41, 5.74) is 3.70. The summed E-state index contributed by atoms with van der Waals surface area (Å²) in [5.74, 6) is -0.160. The Morgan fingerprint density at radius 1 is 1.39 bits per heavy atom. The van der Waals surface area contributed by atoms with E-state index >= 15 is 0 Å².